The third kappa shape index (κ3) is 7.57. The lowest BCUT2D eigenvalue weighted by Gasteiger charge is -2.42. The van der Waals surface area contributed by atoms with Crippen molar-refractivity contribution >= 4 is 5.78 Å². The molecule has 1 fully saturated rings. The van der Waals surface area contributed by atoms with Crippen LogP contribution in [0.15, 0.2) is 53.9 Å². The SMILES string of the molecule is COc1cc(CCC(O)C(C(=O)CCc2cc(O)c(O)c(OCC(C)C)c2)C2(C3=CCNC(N)=C3)CCCC2)ccc1O. The number of allylic oxidation sites excluding steroid dienone is 2. The number of rotatable bonds is 14. The quantitative estimate of drug-likeness (QED) is 0.168. The van der Waals surface area contributed by atoms with Gasteiger partial charge in [-0.15, -0.1) is 0 Å². The van der Waals surface area contributed by atoms with E-state index in [2.05, 4.69) is 11.4 Å². The van der Waals surface area contributed by atoms with Gasteiger partial charge >= 0.3 is 0 Å². The van der Waals surface area contributed by atoms with Crippen LogP contribution in [-0.2, 0) is 17.6 Å². The number of aryl methyl sites for hydroxylation is 2. The molecule has 0 amide bonds. The van der Waals surface area contributed by atoms with Crippen LogP contribution in [0.5, 0.6) is 28.7 Å². The Morgan fingerprint density at radius 3 is 2.42 bits per heavy atom. The van der Waals surface area contributed by atoms with Crippen molar-refractivity contribution in [3.05, 3.63) is 65.0 Å². The number of hydrogen-bond acceptors (Lipinski definition) is 9. The van der Waals surface area contributed by atoms with E-state index in [1.54, 1.807) is 24.3 Å². The summed E-state index contributed by atoms with van der Waals surface area (Å²) >= 11 is 0. The summed E-state index contributed by atoms with van der Waals surface area (Å²) in [6.45, 7) is 4.92. The van der Waals surface area contributed by atoms with Gasteiger partial charge in [0, 0.05) is 18.4 Å². The Hall–Kier alpha value is -3.85. The minimum absolute atomic E-state index is 0.0463. The molecule has 234 valence electrons. The highest BCUT2D eigenvalue weighted by Crippen LogP contribution is 2.53. The molecular weight excluding hydrogens is 548 g/mol. The van der Waals surface area contributed by atoms with E-state index in [-0.39, 0.29) is 41.1 Å². The van der Waals surface area contributed by atoms with Gasteiger partial charge in [-0.25, -0.2) is 0 Å². The maximum absolute atomic E-state index is 14.2. The van der Waals surface area contributed by atoms with E-state index in [9.17, 15) is 25.2 Å². The standard InChI is InChI=1S/C34H46N2O7/c1-21(2)20-43-30-18-23(16-28(40)33(30)41)8-11-27(39)32(26(38)10-7-22-6-9-25(37)29(17-22)42-3)34(13-4-5-14-34)24-12-15-36-31(35)19-24/h6,9,12,16-19,21,26,32,36-38,40-41H,4-5,7-8,10-11,13-15,20,35H2,1-3H3. The van der Waals surface area contributed by atoms with Gasteiger partial charge in [0.1, 0.15) is 5.78 Å². The Bertz CT molecular complexity index is 1340. The van der Waals surface area contributed by atoms with Crippen molar-refractivity contribution in [2.75, 3.05) is 20.3 Å². The molecule has 2 atom stereocenters. The number of nitrogens with one attached hydrogen (secondary N) is 1. The Kier molecular flexibility index (Phi) is 10.5. The van der Waals surface area contributed by atoms with Crippen LogP contribution in [0.4, 0.5) is 0 Å². The van der Waals surface area contributed by atoms with Crippen molar-refractivity contribution in [1.29, 1.82) is 0 Å². The van der Waals surface area contributed by atoms with Gasteiger partial charge in [0.25, 0.3) is 0 Å². The summed E-state index contributed by atoms with van der Waals surface area (Å²) < 4.78 is 11.0. The highest BCUT2D eigenvalue weighted by atomic mass is 16.5. The Morgan fingerprint density at radius 1 is 1.02 bits per heavy atom. The topological polar surface area (TPSA) is 154 Å². The number of phenols is 3. The summed E-state index contributed by atoms with van der Waals surface area (Å²) in [5, 5.41) is 45.5. The van der Waals surface area contributed by atoms with Gasteiger partial charge in [0.05, 0.1) is 31.6 Å². The smallest absolute Gasteiger partial charge is 0.200 e. The second-order valence-corrected chi connectivity index (χ2v) is 12.2. The summed E-state index contributed by atoms with van der Waals surface area (Å²) in [4.78, 5) is 14.2. The van der Waals surface area contributed by atoms with Crippen LogP contribution < -0.4 is 20.5 Å². The third-order valence-electron chi connectivity index (χ3n) is 8.66. The molecule has 0 saturated heterocycles. The second kappa shape index (κ2) is 14.1. The van der Waals surface area contributed by atoms with Crippen LogP contribution in [0.3, 0.4) is 0 Å². The van der Waals surface area contributed by atoms with E-state index < -0.39 is 17.4 Å². The lowest BCUT2D eigenvalue weighted by molar-refractivity contribution is -0.131. The molecule has 0 aromatic heterocycles. The molecule has 1 saturated carbocycles. The number of hydrogen-bond donors (Lipinski definition) is 6. The lowest BCUT2D eigenvalue weighted by Crippen LogP contribution is -2.44. The molecule has 1 aliphatic carbocycles. The molecule has 7 N–H and O–H groups in total. The normalized spacial score (nSPS) is 17.5. The fraction of sp³-hybridized carbons (Fsp3) is 0.500. The predicted molar refractivity (Wildman–Crippen MR) is 165 cm³/mol. The Balaban J connectivity index is 1.60. The third-order valence-corrected chi connectivity index (χ3v) is 8.66. The van der Waals surface area contributed by atoms with Crippen LogP contribution in [0.2, 0.25) is 0 Å². The van der Waals surface area contributed by atoms with Gasteiger partial charge < -0.3 is 41.0 Å². The zero-order valence-corrected chi connectivity index (χ0v) is 25.4. The number of Topliss-reactive ketones (excluding diaryl/α,β-unsaturated/α-hetero) is 1. The molecule has 43 heavy (non-hydrogen) atoms. The van der Waals surface area contributed by atoms with Crippen LogP contribution in [0, 0.1) is 17.3 Å². The van der Waals surface area contributed by atoms with Crippen molar-refractivity contribution < 1.29 is 34.7 Å². The number of aliphatic hydroxyl groups is 1. The molecule has 1 aliphatic heterocycles. The molecule has 9 heteroatoms. The number of carbonyl (C=O) groups excluding carboxylic acids is 1. The number of aromatic hydroxyl groups is 3. The monoisotopic (exact) mass is 594 g/mol. The summed E-state index contributed by atoms with van der Waals surface area (Å²) in [6.07, 6.45) is 7.83. The van der Waals surface area contributed by atoms with E-state index >= 15 is 0 Å². The molecule has 0 radical (unpaired) electrons. The van der Waals surface area contributed by atoms with E-state index in [1.807, 2.05) is 19.9 Å². The molecule has 0 spiro atoms. The maximum Gasteiger partial charge on any atom is 0.200 e. The summed E-state index contributed by atoms with van der Waals surface area (Å²) in [7, 11) is 1.49. The number of nitrogens with two attached hydrogens (primary N) is 1. The average Bonchev–Trinajstić information content (AvgIpc) is 3.47. The zero-order chi connectivity index (χ0) is 31.1. The van der Waals surface area contributed by atoms with Crippen LogP contribution in [0.1, 0.15) is 63.5 Å². The minimum atomic E-state index is -0.922. The number of dihydropyridines is 1. The first-order chi connectivity index (χ1) is 20.5. The number of methoxy groups -OCH3 is 1. The number of ketones is 1. The largest absolute Gasteiger partial charge is 0.504 e. The molecule has 2 unspecified atom stereocenters. The fourth-order valence-corrected chi connectivity index (χ4v) is 6.52. The van der Waals surface area contributed by atoms with Gasteiger partial charge in [-0.3, -0.25) is 4.79 Å². The molecule has 0 bridgehead atoms. The molecule has 4 rings (SSSR count). The molecule has 2 aliphatic rings. The van der Waals surface area contributed by atoms with Crippen molar-refractivity contribution in [3.8, 4) is 28.7 Å². The zero-order valence-electron chi connectivity index (χ0n) is 25.4. The number of aliphatic hydroxyl groups excluding tert-OH is 1. The Labute approximate surface area is 254 Å². The van der Waals surface area contributed by atoms with Gasteiger partial charge in [0.15, 0.2) is 23.0 Å². The minimum Gasteiger partial charge on any atom is -0.504 e. The summed E-state index contributed by atoms with van der Waals surface area (Å²) in [5.74, 6) is 0.0438. The highest BCUT2D eigenvalue weighted by molar-refractivity contribution is 5.83. The van der Waals surface area contributed by atoms with Gasteiger partial charge in [-0.1, -0.05) is 38.8 Å². The molecule has 2 aromatic carbocycles. The van der Waals surface area contributed by atoms with Crippen LogP contribution in [-0.4, -0.2) is 52.6 Å². The highest BCUT2D eigenvalue weighted by Gasteiger charge is 2.49. The van der Waals surface area contributed by atoms with E-state index in [1.165, 1.54) is 13.2 Å². The Morgan fingerprint density at radius 2 is 1.74 bits per heavy atom. The number of benzene rings is 2. The lowest BCUT2D eigenvalue weighted by atomic mass is 9.63. The van der Waals surface area contributed by atoms with Crippen molar-refractivity contribution in [2.45, 2.75) is 71.3 Å². The number of phenolic OH excluding ortho intramolecular Hbond substituents is 3. The molecule has 9 nitrogen and oxygen atoms in total. The fourth-order valence-electron chi connectivity index (χ4n) is 6.52. The van der Waals surface area contributed by atoms with Crippen molar-refractivity contribution in [2.24, 2.45) is 23.0 Å². The molecule has 1 heterocycles. The second-order valence-electron chi connectivity index (χ2n) is 12.2. The van der Waals surface area contributed by atoms with Crippen molar-refractivity contribution in [1.82, 2.24) is 5.32 Å². The summed E-state index contributed by atoms with van der Waals surface area (Å²) in [5.41, 5.74) is 8.18. The van der Waals surface area contributed by atoms with E-state index in [4.69, 9.17) is 15.2 Å². The molecular formula is C34H46N2O7. The maximum atomic E-state index is 14.2. The first-order valence-corrected chi connectivity index (χ1v) is 15.2. The van der Waals surface area contributed by atoms with Gasteiger partial charge in [-0.05, 0) is 85.1 Å². The van der Waals surface area contributed by atoms with Gasteiger partial charge in [-0.2, -0.15) is 0 Å². The van der Waals surface area contributed by atoms with Crippen LogP contribution >= 0.6 is 0 Å². The number of carbonyl (C=O) groups is 1. The first-order valence-electron chi connectivity index (χ1n) is 15.2. The predicted octanol–water partition coefficient (Wildman–Crippen LogP) is 4.85. The summed E-state index contributed by atoms with van der Waals surface area (Å²) in [6, 6.07) is 8.24. The van der Waals surface area contributed by atoms with E-state index in [0.29, 0.717) is 49.5 Å². The first kappa shape index (κ1) is 32.1. The van der Waals surface area contributed by atoms with Crippen LogP contribution in [0.25, 0.3) is 0 Å². The average molecular weight is 595 g/mol. The molecule has 2 aromatic rings. The van der Waals surface area contributed by atoms with E-state index in [0.717, 1.165) is 36.8 Å². The number of ether oxygens (including phenoxy) is 2. The van der Waals surface area contributed by atoms with Gasteiger partial charge in [0.2, 0.25) is 5.75 Å². The van der Waals surface area contributed by atoms with Crippen molar-refractivity contribution in [3.63, 3.8) is 0 Å².